The molecule has 3 atom stereocenters. The molecule has 1 aromatic carbocycles. The van der Waals surface area contributed by atoms with E-state index in [0.29, 0.717) is 29.2 Å². The number of H-pyrrole nitrogens is 1. The number of rotatable bonds is 4. The van der Waals surface area contributed by atoms with Crippen molar-refractivity contribution < 1.29 is 4.39 Å². The maximum absolute atomic E-state index is 14.5. The number of benzene rings is 1. The Kier molecular flexibility index (Phi) is 4.01. The minimum absolute atomic E-state index is 0.222. The molecule has 172 valence electrons. The van der Waals surface area contributed by atoms with Crippen LogP contribution in [0.5, 0.6) is 0 Å². The van der Waals surface area contributed by atoms with Crippen LogP contribution >= 0.6 is 0 Å². The maximum atomic E-state index is 14.5. The average Bonchev–Trinajstić information content (AvgIpc) is 3.60. The van der Waals surface area contributed by atoms with Gasteiger partial charge in [-0.05, 0) is 30.9 Å². The highest BCUT2D eigenvalue weighted by Gasteiger charge is 2.44. The highest BCUT2D eigenvalue weighted by atomic mass is 19.1. The van der Waals surface area contributed by atoms with Gasteiger partial charge in [-0.25, -0.2) is 13.9 Å². The maximum Gasteiger partial charge on any atom is 0.231 e. The number of fused-ring (bicyclic) bond motifs is 6. The van der Waals surface area contributed by atoms with E-state index in [-0.39, 0.29) is 11.9 Å². The fourth-order valence-electron chi connectivity index (χ4n) is 5.57. The van der Waals surface area contributed by atoms with Gasteiger partial charge in [0.1, 0.15) is 17.3 Å². The molecule has 10 nitrogen and oxygen atoms in total. The van der Waals surface area contributed by atoms with Crippen molar-refractivity contribution in [3.63, 3.8) is 0 Å². The van der Waals surface area contributed by atoms with Gasteiger partial charge >= 0.3 is 0 Å². The standard InChI is InChI=1S/C23H23FN10/c1-26-17-6-12(24)5-15-19-21(30-20(15)17)31-23(29-13-7-18-27-2-3-34(18)28-9-13)32-22(19)33-10-11-4-14(33)8-16(11)25/h2-3,5-7,9,11,14,16,26H,4,8,10,25H2,1H3,(H2,29,30,31,32)/t11-,14-,16-/m1/s1. The third kappa shape index (κ3) is 2.83. The lowest BCUT2D eigenvalue weighted by atomic mass is 10.0. The van der Waals surface area contributed by atoms with Crippen LogP contribution in [0.25, 0.3) is 27.6 Å². The summed E-state index contributed by atoms with van der Waals surface area (Å²) in [6.45, 7) is 0.833. The van der Waals surface area contributed by atoms with E-state index in [1.54, 1.807) is 36.2 Å². The van der Waals surface area contributed by atoms with Crippen molar-refractivity contribution in [3.05, 3.63) is 42.6 Å². The van der Waals surface area contributed by atoms with Gasteiger partial charge in [-0.2, -0.15) is 15.1 Å². The number of hydrogen-bond acceptors (Lipinski definition) is 8. The first-order chi connectivity index (χ1) is 16.6. The highest BCUT2D eigenvalue weighted by Crippen LogP contribution is 2.43. The van der Waals surface area contributed by atoms with Crippen molar-refractivity contribution in [2.24, 2.45) is 11.7 Å². The average molecular weight is 459 g/mol. The topological polar surface area (TPSA) is 125 Å². The predicted octanol–water partition coefficient (Wildman–Crippen LogP) is 3.00. The Morgan fingerprint density at radius 2 is 2.12 bits per heavy atom. The second kappa shape index (κ2) is 7.00. The molecular weight excluding hydrogens is 435 g/mol. The first kappa shape index (κ1) is 19.5. The molecule has 5 N–H and O–H groups in total. The summed E-state index contributed by atoms with van der Waals surface area (Å²) in [4.78, 5) is 19.7. The summed E-state index contributed by atoms with van der Waals surface area (Å²) < 4.78 is 16.2. The lowest BCUT2D eigenvalue weighted by molar-refractivity contribution is 0.471. The van der Waals surface area contributed by atoms with Crippen LogP contribution in [0.4, 0.5) is 27.5 Å². The lowest BCUT2D eigenvalue weighted by Crippen LogP contribution is -2.41. The van der Waals surface area contributed by atoms with E-state index in [4.69, 9.17) is 15.7 Å². The van der Waals surface area contributed by atoms with Crippen molar-refractivity contribution in [3.8, 4) is 0 Å². The smallest absolute Gasteiger partial charge is 0.231 e. The van der Waals surface area contributed by atoms with E-state index in [0.717, 1.165) is 52.8 Å². The summed E-state index contributed by atoms with van der Waals surface area (Å²) in [5.74, 6) is 1.36. The molecule has 11 heteroatoms. The molecule has 1 aliphatic heterocycles. The third-order valence-electron chi connectivity index (χ3n) is 7.16. The number of nitrogens with zero attached hydrogens (tertiary/aromatic N) is 6. The molecule has 1 aliphatic carbocycles. The van der Waals surface area contributed by atoms with E-state index in [9.17, 15) is 4.39 Å². The van der Waals surface area contributed by atoms with Crippen LogP contribution in [0.3, 0.4) is 0 Å². The van der Waals surface area contributed by atoms with Gasteiger partial charge in [-0.15, -0.1) is 0 Å². The van der Waals surface area contributed by atoms with Gasteiger partial charge in [-0.1, -0.05) is 0 Å². The molecule has 2 bridgehead atoms. The summed E-state index contributed by atoms with van der Waals surface area (Å²) in [5, 5.41) is 12.3. The first-order valence-corrected chi connectivity index (χ1v) is 11.4. The predicted molar refractivity (Wildman–Crippen MR) is 129 cm³/mol. The van der Waals surface area contributed by atoms with E-state index in [2.05, 4.69) is 30.6 Å². The zero-order valence-electron chi connectivity index (χ0n) is 18.5. The number of nitrogens with one attached hydrogen (secondary N) is 3. The van der Waals surface area contributed by atoms with Crippen molar-refractivity contribution in [1.29, 1.82) is 0 Å². The third-order valence-corrected chi connectivity index (χ3v) is 7.16. The van der Waals surface area contributed by atoms with Crippen molar-refractivity contribution in [2.45, 2.75) is 24.9 Å². The SMILES string of the molecule is CNc1cc(F)cc2c1[nH]c1nc(Nc3cnn4ccnc4c3)nc(N3C[C@H]4C[C@@H]3C[C@H]4N)c12. The molecule has 2 aliphatic rings. The highest BCUT2D eigenvalue weighted by molar-refractivity contribution is 6.15. The summed E-state index contributed by atoms with van der Waals surface area (Å²) in [6.07, 6.45) is 7.17. The van der Waals surface area contributed by atoms with Gasteiger partial charge < -0.3 is 26.3 Å². The second-order valence-corrected chi connectivity index (χ2v) is 9.15. The Morgan fingerprint density at radius 1 is 1.21 bits per heavy atom. The Morgan fingerprint density at radius 3 is 2.91 bits per heavy atom. The summed E-state index contributed by atoms with van der Waals surface area (Å²) >= 11 is 0. The minimum Gasteiger partial charge on any atom is -0.386 e. The van der Waals surface area contributed by atoms with Crippen LogP contribution in [-0.2, 0) is 0 Å². The Bertz CT molecular complexity index is 1570. The second-order valence-electron chi connectivity index (χ2n) is 9.15. The molecule has 5 aromatic rings. The first-order valence-electron chi connectivity index (χ1n) is 11.4. The van der Waals surface area contributed by atoms with Crippen LogP contribution in [0.2, 0.25) is 0 Å². The molecule has 1 saturated carbocycles. The van der Waals surface area contributed by atoms with Gasteiger partial charge in [0.15, 0.2) is 5.65 Å². The summed E-state index contributed by atoms with van der Waals surface area (Å²) in [6, 6.07) is 5.45. The number of nitrogens with two attached hydrogens (primary N) is 1. The zero-order chi connectivity index (χ0) is 23.0. The number of anilines is 4. The fourth-order valence-corrected chi connectivity index (χ4v) is 5.57. The Hall–Kier alpha value is -3.99. The minimum atomic E-state index is -0.310. The molecule has 34 heavy (non-hydrogen) atoms. The van der Waals surface area contributed by atoms with Crippen molar-refractivity contribution >= 4 is 50.7 Å². The molecule has 0 unspecified atom stereocenters. The fraction of sp³-hybridized carbons (Fsp3) is 0.304. The quantitative estimate of drug-likeness (QED) is 0.324. The van der Waals surface area contributed by atoms with E-state index < -0.39 is 0 Å². The van der Waals surface area contributed by atoms with Crippen molar-refractivity contribution in [1.82, 2.24) is 29.5 Å². The van der Waals surface area contributed by atoms with Gasteiger partial charge in [0.2, 0.25) is 5.95 Å². The molecule has 4 aromatic heterocycles. The van der Waals surface area contributed by atoms with Gasteiger partial charge in [0.25, 0.3) is 0 Å². The van der Waals surface area contributed by atoms with Crippen LogP contribution in [0.15, 0.2) is 36.8 Å². The molecule has 7 rings (SSSR count). The van der Waals surface area contributed by atoms with Gasteiger partial charge in [0.05, 0.1) is 28.5 Å². The monoisotopic (exact) mass is 458 g/mol. The number of halogens is 1. The molecule has 5 heterocycles. The Labute approximate surface area is 193 Å². The number of piperidine rings is 1. The summed E-state index contributed by atoms with van der Waals surface area (Å²) in [5.41, 5.74) is 9.88. The molecule has 0 amide bonds. The lowest BCUT2D eigenvalue weighted by Gasteiger charge is -2.31. The van der Waals surface area contributed by atoms with E-state index in [1.165, 1.54) is 6.07 Å². The number of aromatic amines is 1. The normalized spacial score (nSPS) is 21.9. The van der Waals surface area contributed by atoms with E-state index >= 15 is 0 Å². The molecule has 0 radical (unpaired) electrons. The zero-order valence-corrected chi connectivity index (χ0v) is 18.5. The number of aromatic nitrogens is 6. The van der Waals surface area contributed by atoms with Gasteiger partial charge in [0, 0.05) is 49.5 Å². The Balaban J connectivity index is 1.41. The largest absolute Gasteiger partial charge is 0.386 e. The van der Waals surface area contributed by atoms with Crippen LogP contribution in [0, 0.1) is 11.7 Å². The molecule has 0 spiro atoms. The van der Waals surface area contributed by atoms with Gasteiger partial charge in [-0.3, -0.25) is 0 Å². The number of imidazole rings is 1. The number of hydrogen-bond donors (Lipinski definition) is 4. The molecule has 1 saturated heterocycles. The molecular formula is C23H23FN10. The molecule has 2 fully saturated rings. The van der Waals surface area contributed by atoms with Crippen LogP contribution < -0.4 is 21.3 Å². The van der Waals surface area contributed by atoms with E-state index in [1.807, 2.05) is 6.07 Å². The van der Waals surface area contributed by atoms with Crippen molar-refractivity contribution in [2.75, 3.05) is 29.1 Å². The summed E-state index contributed by atoms with van der Waals surface area (Å²) in [7, 11) is 1.78. The van der Waals surface area contributed by atoms with Crippen LogP contribution in [-0.4, -0.2) is 55.2 Å². The van der Waals surface area contributed by atoms with Crippen LogP contribution in [0.1, 0.15) is 12.8 Å².